The zero-order valence-corrected chi connectivity index (χ0v) is 15.0. The summed E-state index contributed by atoms with van der Waals surface area (Å²) >= 11 is 0. The number of carbonyl (C=O) groups excluding carboxylic acids is 3. The molecule has 2 aromatic rings. The normalized spacial score (nSPS) is 17.1. The second-order valence-corrected chi connectivity index (χ2v) is 6.35. The lowest BCUT2D eigenvalue weighted by Crippen LogP contribution is -2.34. The van der Waals surface area contributed by atoms with Gasteiger partial charge in [0.1, 0.15) is 11.3 Å². The fourth-order valence-corrected chi connectivity index (χ4v) is 2.68. The Balaban J connectivity index is 1.90. The van der Waals surface area contributed by atoms with Crippen LogP contribution in [0.5, 0.6) is 0 Å². The van der Waals surface area contributed by atoms with Crippen LogP contribution < -0.4 is 10.5 Å². The zero-order valence-electron chi connectivity index (χ0n) is 15.0. The van der Waals surface area contributed by atoms with Gasteiger partial charge in [-0.3, -0.25) is 14.4 Å². The number of nitrogens with zero attached hydrogens (tertiary/aromatic N) is 1. The number of benzene rings is 1. The van der Waals surface area contributed by atoms with Crippen molar-refractivity contribution in [2.24, 2.45) is 5.92 Å². The summed E-state index contributed by atoms with van der Waals surface area (Å²) in [6.07, 6.45) is 3.36. The Hall–Kier alpha value is -3.48. The number of anilines is 1. The van der Waals surface area contributed by atoms with Gasteiger partial charge in [0.05, 0.1) is 5.56 Å². The lowest BCUT2D eigenvalue weighted by atomic mass is 9.96. The predicted molar refractivity (Wildman–Crippen MR) is 99.2 cm³/mol. The maximum absolute atomic E-state index is 12.2. The predicted octanol–water partition coefficient (Wildman–Crippen LogP) is 2.09. The van der Waals surface area contributed by atoms with Crippen LogP contribution in [-0.4, -0.2) is 31.6 Å². The number of ketones is 2. The summed E-state index contributed by atoms with van der Waals surface area (Å²) in [4.78, 5) is 49.9. The molecule has 0 radical (unpaired) electrons. The van der Waals surface area contributed by atoms with E-state index in [9.17, 15) is 19.2 Å². The van der Waals surface area contributed by atoms with Gasteiger partial charge >= 0.3 is 11.6 Å². The first kappa shape index (κ1) is 18.3. The molecule has 1 unspecified atom stereocenters. The van der Waals surface area contributed by atoms with Crippen molar-refractivity contribution in [3.05, 3.63) is 58.2 Å². The molecule has 2 heterocycles. The van der Waals surface area contributed by atoms with Crippen molar-refractivity contribution in [2.75, 3.05) is 19.0 Å². The summed E-state index contributed by atoms with van der Waals surface area (Å²) in [6, 6.07) is 6.98. The number of ether oxygens (including phenoxy) is 1. The molecule has 0 N–H and O–H groups in total. The molecule has 1 atom stereocenters. The van der Waals surface area contributed by atoms with E-state index < -0.39 is 29.1 Å². The highest BCUT2D eigenvalue weighted by Crippen LogP contribution is 2.21. The van der Waals surface area contributed by atoms with E-state index in [1.54, 1.807) is 18.2 Å². The Kier molecular flexibility index (Phi) is 4.77. The van der Waals surface area contributed by atoms with Crippen LogP contribution in [0.3, 0.4) is 0 Å². The SMILES string of the molecule is CC1=CC(=O)C(C(=O)/C=C/c2cc3ccc(N(C)C)cc3oc2=O)C(=O)O1. The highest BCUT2D eigenvalue weighted by Gasteiger charge is 2.36. The van der Waals surface area contributed by atoms with Crippen LogP contribution in [-0.2, 0) is 19.1 Å². The minimum absolute atomic E-state index is 0.136. The molecule has 7 heteroatoms. The minimum atomic E-state index is -1.54. The van der Waals surface area contributed by atoms with Crippen LogP contribution in [0.1, 0.15) is 12.5 Å². The van der Waals surface area contributed by atoms with Crippen LogP contribution in [0.2, 0.25) is 0 Å². The number of allylic oxidation sites excluding steroid dienone is 3. The monoisotopic (exact) mass is 367 g/mol. The van der Waals surface area contributed by atoms with Gasteiger partial charge in [0, 0.05) is 37.3 Å². The van der Waals surface area contributed by atoms with Gasteiger partial charge < -0.3 is 14.1 Å². The Morgan fingerprint density at radius 1 is 1.15 bits per heavy atom. The Morgan fingerprint density at radius 3 is 2.56 bits per heavy atom. The first-order valence-corrected chi connectivity index (χ1v) is 8.17. The van der Waals surface area contributed by atoms with Gasteiger partial charge in [0.25, 0.3) is 0 Å². The first-order chi connectivity index (χ1) is 12.8. The molecule has 0 saturated heterocycles. The Morgan fingerprint density at radius 2 is 1.89 bits per heavy atom. The number of esters is 1. The molecule has 0 spiro atoms. The van der Waals surface area contributed by atoms with Crippen molar-refractivity contribution in [1.29, 1.82) is 0 Å². The maximum atomic E-state index is 12.2. The summed E-state index contributed by atoms with van der Waals surface area (Å²) in [7, 11) is 3.74. The molecular weight excluding hydrogens is 350 g/mol. The van der Waals surface area contributed by atoms with Gasteiger partial charge in [-0.15, -0.1) is 0 Å². The topological polar surface area (TPSA) is 93.9 Å². The number of hydrogen-bond acceptors (Lipinski definition) is 7. The third-order valence-corrected chi connectivity index (χ3v) is 4.10. The van der Waals surface area contributed by atoms with Crippen LogP contribution in [0.4, 0.5) is 5.69 Å². The third kappa shape index (κ3) is 3.72. The van der Waals surface area contributed by atoms with E-state index in [0.717, 1.165) is 17.8 Å². The average Bonchev–Trinajstić information content (AvgIpc) is 2.58. The van der Waals surface area contributed by atoms with Gasteiger partial charge in [-0.1, -0.05) is 0 Å². The van der Waals surface area contributed by atoms with Gasteiger partial charge in [-0.2, -0.15) is 0 Å². The van der Waals surface area contributed by atoms with Crippen molar-refractivity contribution in [3.63, 3.8) is 0 Å². The molecule has 7 nitrogen and oxygen atoms in total. The zero-order chi connectivity index (χ0) is 19.7. The third-order valence-electron chi connectivity index (χ3n) is 4.10. The smallest absolute Gasteiger partial charge is 0.343 e. The number of hydrogen-bond donors (Lipinski definition) is 0. The molecular formula is C20H17NO6. The summed E-state index contributed by atoms with van der Waals surface area (Å²) in [6.45, 7) is 1.45. The molecule has 1 aliphatic rings. The molecule has 27 heavy (non-hydrogen) atoms. The Labute approximate surface area is 154 Å². The fraction of sp³-hybridized carbons (Fsp3) is 0.200. The van der Waals surface area contributed by atoms with E-state index in [2.05, 4.69) is 0 Å². The number of fused-ring (bicyclic) bond motifs is 1. The molecule has 3 rings (SSSR count). The van der Waals surface area contributed by atoms with Crippen LogP contribution in [0, 0.1) is 5.92 Å². The quantitative estimate of drug-likeness (QED) is 0.353. The van der Waals surface area contributed by atoms with E-state index >= 15 is 0 Å². The van der Waals surface area contributed by atoms with Crippen molar-refractivity contribution in [2.45, 2.75) is 6.92 Å². The van der Waals surface area contributed by atoms with Crippen molar-refractivity contribution in [1.82, 2.24) is 0 Å². The molecule has 1 aromatic heterocycles. The standard InChI is InChI=1S/C20H17NO6/c1-11-8-16(23)18(20(25)26-11)15(22)7-5-13-9-12-4-6-14(21(2)3)10-17(12)27-19(13)24/h4-10,18H,1-3H3/b7-5+. The number of rotatable bonds is 4. The average molecular weight is 367 g/mol. The summed E-state index contributed by atoms with van der Waals surface area (Å²) in [5, 5.41) is 0.680. The lowest BCUT2D eigenvalue weighted by molar-refractivity contribution is -0.151. The van der Waals surface area contributed by atoms with E-state index in [0.29, 0.717) is 11.0 Å². The molecule has 1 aliphatic heterocycles. The van der Waals surface area contributed by atoms with Crippen molar-refractivity contribution in [3.8, 4) is 0 Å². The highest BCUT2D eigenvalue weighted by atomic mass is 16.5. The molecule has 0 bridgehead atoms. The molecule has 0 amide bonds. The number of cyclic esters (lactones) is 1. The summed E-state index contributed by atoms with van der Waals surface area (Å²) in [5.41, 5.74) is 0.802. The van der Waals surface area contributed by atoms with E-state index in [4.69, 9.17) is 9.15 Å². The minimum Gasteiger partial charge on any atom is -0.430 e. The maximum Gasteiger partial charge on any atom is 0.343 e. The lowest BCUT2D eigenvalue weighted by Gasteiger charge is -2.15. The van der Waals surface area contributed by atoms with Gasteiger partial charge in [0.15, 0.2) is 17.5 Å². The molecule has 0 aliphatic carbocycles. The van der Waals surface area contributed by atoms with Crippen molar-refractivity contribution >= 4 is 40.3 Å². The van der Waals surface area contributed by atoms with Crippen LogP contribution in [0.15, 0.2) is 51.4 Å². The summed E-state index contributed by atoms with van der Waals surface area (Å²) in [5.74, 6) is -3.71. The first-order valence-electron chi connectivity index (χ1n) is 8.17. The van der Waals surface area contributed by atoms with E-state index in [-0.39, 0.29) is 11.3 Å². The second kappa shape index (κ2) is 7.03. The van der Waals surface area contributed by atoms with Crippen LogP contribution in [0.25, 0.3) is 17.0 Å². The largest absolute Gasteiger partial charge is 0.430 e. The second-order valence-electron chi connectivity index (χ2n) is 6.35. The van der Waals surface area contributed by atoms with Gasteiger partial charge in [0.2, 0.25) is 0 Å². The van der Waals surface area contributed by atoms with Crippen LogP contribution >= 0.6 is 0 Å². The van der Waals surface area contributed by atoms with Gasteiger partial charge in [-0.05, 0) is 37.3 Å². The van der Waals surface area contributed by atoms with Crippen molar-refractivity contribution < 1.29 is 23.5 Å². The molecule has 0 saturated carbocycles. The molecule has 138 valence electrons. The molecule has 1 aromatic carbocycles. The fourth-order valence-electron chi connectivity index (χ4n) is 2.68. The summed E-state index contributed by atoms with van der Waals surface area (Å²) < 4.78 is 10.1. The van der Waals surface area contributed by atoms with E-state index in [1.807, 2.05) is 25.1 Å². The highest BCUT2D eigenvalue weighted by molar-refractivity contribution is 6.25. The van der Waals surface area contributed by atoms with E-state index in [1.165, 1.54) is 13.0 Å². The molecule has 0 fully saturated rings. The number of carbonyl (C=O) groups is 3. The Bertz CT molecular complexity index is 1070. The van der Waals surface area contributed by atoms with Gasteiger partial charge in [-0.25, -0.2) is 4.79 Å².